The molecular weight excluding hydrogens is 454 g/mol. The number of nitrogens with zero attached hydrogens (tertiary/aromatic N) is 1. The number of carbonyl (C=O) groups is 2. The number of sulfonamides is 1. The topological polar surface area (TPSA) is 105 Å². The normalized spacial score (nSPS) is 20.9. The number of aryl methyl sites for hydroxylation is 1. The lowest BCUT2D eigenvalue weighted by Crippen LogP contribution is -2.44. The Morgan fingerprint density at radius 3 is 2.59 bits per heavy atom. The predicted molar refractivity (Wildman–Crippen MR) is 131 cm³/mol. The summed E-state index contributed by atoms with van der Waals surface area (Å²) in [7, 11) is -3.85. The molecule has 2 amide bonds. The van der Waals surface area contributed by atoms with Crippen LogP contribution >= 0.6 is 0 Å². The molecule has 0 aliphatic carbocycles. The summed E-state index contributed by atoms with van der Waals surface area (Å²) in [5.74, 6) is -0.168. The van der Waals surface area contributed by atoms with Gasteiger partial charge >= 0.3 is 0 Å². The largest absolute Gasteiger partial charge is 0.479 e. The van der Waals surface area contributed by atoms with Crippen LogP contribution in [0.25, 0.3) is 0 Å². The van der Waals surface area contributed by atoms with Gasteiger partial charge in [0, 0.05) is 24.8 Å². The number of ether oxygens (including phenoxy) is 1. The van der Waals surface area contributed by atoms with Crippen LogP contribution in [0.5, 0.6) is 5.75 Å². The number of hydrogen-bond acceptors (Lipinski definition) is 5. The number of nitrogens with one attached hydrogen (secondary N) is 2. The molecule has 4 rings (SSSR count). The molecule has 0 unspecified atom stereocenters. The van der Waals surface area contributed by atoms with Crippen LogP contribution in [0.4, 0.5) is 11.4 Å². The van der Waals surface area contributed by atoms with Gasteiger partial charge in [-0.3, -0.25) is 9.59 Å². The fraction of sp³-hybridized carbons (Fsp3) is 0.440. The van der Waals surface area contributed by atoms with Gasteiger partial charge in [0.25, 0.3) is 5.91 Å². The van der Waals surface area contributed by atoms with Gasteiger partial charge in [-0.15, -0.1) is 0 Å². The van der Waals surface area contributed by atoms with E-state index in [1.54, 1.807) is 19.9 Å². The zero-order valence-corrected chi connectivity index (χ0v) is 20.7. The number of piperidine rings is 1. The molecule has 1 saturated heterocycles. The van der Waals surface area contributed by atoms with Crippen molar-refractivity contribution in [1.29, 1.82) is 0 Å². The predicted octanol–water partition coefficient (Wildman–Crippen LogP) is 3.88. The molecule has 1 fully saturated rings. The first kappa shape index (κ1) is 24.2. The van der Waals surface area contributed by atoms with E-state index in [2.05, 4.69) is 24.5 Å². The average Bonchev–Trinajstić information content (AvgIpc) is 2.80. The second kappa shape index (κ2) is 9.38. The van der Waals surface area contributed by atoms with Crippen molar-refractivity contribution in [2.45, 2.75) is 57.5 Å². The van der Waals surface area contributed by atoms with Gasteiger partial charge in [-0.25, -0.2) is 8.42 Å². The van der Waals surface area contributed by atoms with Crippen LogP contribution in [0.3, 0.4) is 0 Å². The minimum absolute atomic E-state index is 0.114. The van der Waals surface area contributed by atoms with Crippen LogP contribution < -0.4 is 15.4 Å². The number of amides is 2. The highest BCUT2D eigenvalue weighted by atomic mass is 32.2. The van der Waals surface area contributed by atoms with Crippen molar-refractivity contribution >= 4 is 33.2 Å². The molecule has 182 valence electrons. The number of hydrogen-bond donors (Lipinski definition) is 2. The highest BCUT2D eigenvalue weighted by Gasteiger charge is 2.35. The quantitative estimate of drug-likeness (QED) is 0.669. The molecule has 2 aliphatic rings. The van der Waals surface area contributed by atoms with Gasteiger partial charge in [-0.2, -0.15) is 4.31 Å². The molecule has 2 heterocycles. The third kappa shape index (κ3) is 4.81. The summed E-state index contributed by atoms with van der Waals surface area (Å²) in [5.41, 5.74) is 2.85. The van der Waals surface area contributed by atoms with E-state index >= 15 is 0 Å². The summed E-state index contributed by atoms with van der Waals surface area (Å²) in [6, 6.07) is 10.8. The van der Waals surface area contributed by atoms with Crippen molar-refractivity contribution in [3.63, 3.8) is 0 Å². The van der Waals surface area contributed by atoms with Crippen LogP contribution in [0, 0.1) is 12.8 Å². The Balaban J connectivity index is 1.50. The van der Waals surface area contributed by atoms with Crippen molar-refractivity contribution in [1.82, 2.24) is 4.31 Å². The van der Waals surface area contributed by atoms with Gasteiger partial charge in [0.1, 0.15) is 5.75 Å². The first-order chi connectivity index (χ1) is 16.1. The Hall–Kier alpha value is -2.91. The van der Waals surface area contributed by atoms with Crippen molar-refractivity contribution in [3.05, 3.63) is 47.5 Å². The lowest BCUT2D eigenvalue weighted by atomic mass is 9.98. The van der Waals surface area contributed by atoms with E-state index in [1.807, 2.05) is 24.3 Å². The Morgan fingerprint density at radius 2 is 1.91 bits per heavy atom. The molecule has 34 heavy (non-hydrogen) atoms. The number of benzene rings is 2. The summed E-state index contributed by atoms with van der Waals surface area (Å²) < 4.78 is 34.0. The van der Waals surface area contributed by atoms with E-state index in [1.165, 1.54) is 15.9 Å². The van der Waals surface area contributed by atoms with Crippen LogP contribution in [0.2, 0.25) is 0 Å². The Kier molecular flexibility index (Phi) is 6.69. The summed E-state index contributed by atoms with van der Waals surface area (Å²) in [6.07, 6.45) is 0.512. The summed E-state index contributed by atoms with van der Waals surface area (Å²) in [4.78, 5) is 24.9. The fourth-order valence-electron chi connectivity index (χ4n) is 4.33. The van der Waals surface area contributed by atoms with Gasteiger partial charge in [0.05, 0.1) is 16.5 Å². The van der Waals surface area contributed by atoms with Gasteiger partial charge < -0.3 is 15.4 Å². The summed E-state index contributed by atoms with van der Waals surface area (Å²) in [5, 5.41) is 5.67. The molecule has 0 saturated carbocycles. The van der Waals surface area contributed by atoms with E-state index in [0.717, 1.165) is 0 Å². The standard InChI is InChI=1S/C25H31N3O5S/c1-15(2)18-7-9-20(10-8-18)26-25(30)19-6-5-11-28(14-19)34(31,32)23-13-22-21(12-16(23)3)27-24(29)17(4)33-22/h7-10,12-13,15,17,19H,5-6,11,14H2,1-4H3,(H,26,30)(H,27,29)/t17-,19+/m1/s1. The van der Waals surface area contributed by atoms with E-state index < -0.39 is 22.0 Å². The molecule has 0 radical (unpaired) electrons. The molecule has 9 heteroatoms. The van der Waals surface area contributed by atoms with E-state index in [4.69, 9.17) is 4.74 Å². The minimum atomic E-state index is -3.85. The smallest absolute Gasteiger partial charge is 0.265 e. The molecule has 0 aromatic heterocycles. The average molecular weight is 486 g/mol. The third-order valence-corrected chi connectivity index (χ3v) is 8.43. The molecule has 0 spiro atoms. The van der Waals surface area contributed by atoms with E-state index in [9.17, 15) is 18.0 Å². The maximum absolute atomic E-state index is 13.5. The van der Waals surface area contributed by atoms with Crippen LogP contribution in [-0.2, 0) is 19.6 Å². The Labute approximate surface area is 200 Å². The van der Waals surface area contributed by atoms with Crippen LogP contribution in [-0.4, -0.2) is 43.7 Å². The Morgan fingerprint density at radius 1 is 1.21 bits per heavy atom. The second-order valence-electron chi connectivity index (χ2n) is 9.33. The third-order valence-electron chi connectivity index (χ3n) is 6.43. The Bertz CT molecular complexity index is 1210. The van der Waals surface area contributed by atoms with Crippen LogP contribution in [0.1, 0.15) is 50.7 Å². The molecule has 2 aromatic rings. The zero-order valence-electron chi connectivity index (χ0n) is 19.9. The number of rotatable bonds is 5. The highest BCUT2D eigenvalue weighted by molar-refractivity contribution is 7.89. The van der Waals surface area contributed by atoms with Crippen LogP contribution in [0.15, 0.2) is 41.3 Å². The first-order valence-electron chi connectivity index (χ1n) is 11.6. The van der Waals surface area contributed by atoms with Crippen molar-refractivity contribution < 1.29 is 22.7 Å². The SMILES string of the molecule is Cc1cc2c(cc1S(=O)(=O)N1CCC[C@H](C(=O)Nc3ccc(C(C)C)cc3)C1)O[C@H](C)C(=O)N2. The molecule has 2 atom stereocenters. The second-order valence-corrected chi connectivity index (χ2v) is 11.2. The molecule has 0 bridgehead atoms. The summed E-state index contributed by atoms with van der Waals surface area (Å²) in [6.45, 7) is 7.97. The molecule has 2 N–H and O–H groups in total. The first-order valence-corrected chi connectivity index (χ1v) is 13.0. The summed E-state index contributed by atoms with van der Waals surface area (Å²) >= 11 is 0. The minimum Gasteiger partial charge on any atom is -0.479 e. The molecule has 2 aromatic carbocycles. The van der Waals surface area contributed by atoms with E-state index in [-0.39, 0.29) is 23.3 Å². The maximum atomic E-state index is 13.5. The molecule has 8 nitrogen and oxygen atoms in total. The van der Waals surface area contributed by atoms with Gasteiger partial charge in [0.2, 0.25) is 15.9 Å². The number of carbonyl (C=O) groups excluding carboxylic acids is 2. The monoisotopic (exact) mass is 485 g/mol. The lowest BCUT2D eigenvalue weighted by Gasteiger charge is -2.32. The van der Waals surface area contributed by atoms with E-state index in [0.29, 0.717) is 48.0 Å². The maximum Gasteiger partial charge on any atom is 0.265 e. The number of fused-ring (bicyclic) bond motifs is 1. The van der Waals surface area contributed by atoms with Gasteiger partial charge in [0.15, 0.2) is 6.10 Å². The highest BCUT2D eigenvalue weighted by Crippen LogP contribution is 2.36. The molecular formula is C25H31N3O5S. The van der Waals surface area contributed by atoms with Gasteiger partial charge in [-0.1, -0.05) is 26.0 Å². The van der Waals surface area contributed by atoms with Crippen molar-refractivity contribution in [2.75, 3.05) is 23.7 Å². The fourth-order valence-corrected chi connectivity index (χ4v) is 6.08. The van der Waals surface area contributed by atoms with Crippen molar-refractivity contribution in [2.24, 2.45) is 5.92 Å². The molecule has 2 aliphatic heterocycles. The lowest BCUT2D eigenvalue weighted by molar-refractivity contribution is -0.123. The zero-order chi connectivity index (χ0) is 24.6. The number of anilines is 2. The van der Waals surface area contributed by atoms with Gasteiger partial charge in [-0.05, 0) is 61.9 Å². The van der Waals surface area contributed by atoms with Crippen molar-refractivity contribution in [3.8, 4) is 5.75 Å².